The summed E-state index contributed by atoms with van der Waals surface area (Å²) in [7, 11) is 0. The van der Waals surface area contributed by atoms with Gasteiger partial charge in [0.15, 0.2) is 0 Å². The fourth-order valence-electron chi connectivity index (χ4n) is 3.22. The normalized spacial score (nSPS) is 14.8. The number of nitrogens with zero attached hydrogens (tertiary/aromatic N) is 2. The van der Waals surface area contributed by atoms with Crippen LogP contribution < -0.4 is 5.73 Å². The van der Waals surface area contributed by atoms with Gasteiger partial charge in [0.25, 0.3) is 0 Å². The molecule has 0 aliphatic heterocycles. The predicted molar refractivity (Wildman–Crippen MR) is 87.9 cm³/mol. The number of aryl methyl sites for hydroxylation is 2. The van der Waals surface area contributed by atoms with Crippen LogP contribution in [0.1, 0.15) is 33.3 Å². The van der Waals surface area contributed by atoms with Gasteiger partial charge in [-0.05, 0) is 43.4 Å². The Balaban J connectivity index is 1.79. The van der Waals surface area contributed by atoms with Crippen LogP contribution in [-0.2, 0) is 12.8 Å². The van der Waals surface area contributed by atoms with Crippen LogP contribution in [0.4, 0.5) is 5.82 Å². The predicted octanol–water partition coefficient (Wildman–Crippen LogP) is 3.77. The van der Waals surface area contributed by atoms with E-state index in [0.29, 0.717) is 11.7 Å². The maximum atomic E-state index is 6.20. The molecule has 3 aromatic rings. The first kappa shape index (κ1) is 12.8. The zero-order valence-corrected chi connectivity index (χ0v) is 13.0. The third-order valence-corrected chi connectivity index (χ3v) is 5.59. The van der Waals surface area contributed by atoms with Crippen molar-refractivity contribution in [2.45, 2.75) is 32.6 Å². The van der Waals surface area contributed by atoms with Gasteiger partial charge in [-0.25, -0.2) is 9.97 Å². The minimum absolute atomic E-state index is 0.358. The quantitative estimate of drug-likeness (QED) is 0.743. The number of aromatic nitrogens is 2. The molecule has 0 fully saturated rings. The molecule has 0 spiro atoms. The van der Waals surface area contributed by atoms with Crippen molar-refractivity contribution in [2.75, 3.05) is 5.73 Å². The molecule has 3 nitrogen and oxygen atoms in total. The zero-order chi connectivity index (χ0) is 14.6. The number of benzene rings is 1. The molecule has 106 valence electrons. The number of nitrogen functional groups attached to an aromatic ring is 1. The summed E-state index contributed by atoms with van der Waals surface area (Å²) >= 11 is 1.72. The summed E-state index contributed by atoms with van der Waals surface area (Å²) in [4.78, 5) is 11.7. The highest BCUT2D eigenvalue weighted by Gasteiger charge is 2.26. The van der Waals surface area contributed by atoms with Gasteiger partial charge in [-0.3, -0.25) is 0 Å². The summed E-state index contributed by atoms with van der Waals surface area (Å²) < 4.78 is 0. The fourth-order valence-corrected chi connectivity index (χ4v) is 4.27. The molecule has 0 bridgehead atoms. The van der Waals surface area contributed by atoms with Gasteiger partial charge in [-0.1, -0.05) is 24.3 Å². The summed E-state index contributed by atoms with van der Waals surface area (Å²) in [6, 6.07) is 8.62. The van der Waals surface area contributed by atoms with Crippen LogP contribution in [0, 0.1) is 13.8 Å². The Hall–Kier alpha value is -1.94. The molecule has 21 heavy (non-hydrogen) atoms. The van der Waals surface area contributed by atoms with Crippen LogP contribution in [0.15, 0.2) is 24.3 Å². The van der Waals surface area contributed by atoms with E-state index in [0.717, 1.165) is 28.9 Å². The van der Waals surface area contributed by atoms with Crippen molar-refractivity contribution in [1.82, 2.24) is 9.97 Å². The zero-order valence-electron chi connectivity index (χ0n) is 12.2. The van der Waals surface area contributed by atoms with Crippen molar-refractivity contribution in [2.24, 2.45) is 0 Å². The smallest absolute Gasteiger partial charge is 0.136 e. The Morgan fingerprint density at radius 1 is 1.10 bits per heavy atom. The molecule has 0 amide bonds. The number of rotatable bonds is 1. The van der Waals surface area contributed by atoms with E-state index in [-0.39, 0.29) is 0 Å². The third kappa shape index (κ3) is 1.94. The number of hydrogen-bond acceptors (Lipinski definition) is 4. The molecule has 0 radical (unpaired) electrons. The van der Waals surface area contributed by atoms with Crippen LogP contribution in [-0.4, -0.2) is 9.97 Å². The van der Waals surface area contributed by atoms with E-state index in [1.807, 2.05) is 0 Å². The molecule has 1 aliphatic rings. The summed E-state index contributed by atoms with van der Waals surface area (Å²) in [5.74, 6) is 1.89. The Morgan fingerprint density at radius 2 is 1.76 bits per heavy atom. The van der Waals surface area contributed by atoms with Gasteiger partial charge < -0.3 is 5.73 Å². The third-order valence-electron chi connectivity index (χ3n) is 4.49. The maximum absolute atomic E-state index is 6.20. The topological polar surface area (TPSA) is 51.8 Å². The van der Waals surface area contributed by atoms with E-state index in [1.165, 1.54) is 21.6 Å². The molecule has 0 saturated carbocycles. The van der Waals surface area contributed by atoms with Gasteiger partial charge in [0.05, 0.1) is 5.39 Å². The molecule has 4 rings (SSSR count). The molecule has 4 heteroatoms. The molecular weight excluding hydrogens is 278 g/mol. The number of anilines is 1. The first-order valence-corrected chi connectivity index (χ1v) is 8.05. The van der Waals surface area contributed by atoms with Crippen molar-refractivity contribution < 1.29 is 0 Å². The van der Waals surface area contributed by atoms with E-state index < -0.39 is 0 Å². The average Bonchev–Trinajstić information content (AvgIpc) is 3.01. The summed E-state index contributed by atoms with van der Waals surface area (Å²) in [6.45, 7) is 4.21. The first-order valence-electron chi connectivity index (χ1n) is 7.23. The summed E-state index contributed by atoms with van der Waals surface area (Å²) in [6.07, 6.45) is 2.04. The molecule has 0 atom stereocenters. The fraction of sp³-hybridized carbons (Fsp3) is 0.294. The first-order chi connectivity index (χ1) is 10.1. The Kier molecular flexibility index (Phi) is 2.76. The lowest BCUT2D eigenvalue weighted by molar-refractivity contribution is 0.689. The monoisotopic (exact) mass is 295 g/mol. The van der Waals surface area contributed by atoms with E-state index >= 15 is 0 Å². The number of nitrogens with two attached hydrogens (primary N) is 1. The van der Waals surface area contributed by atoms with E-state index in [2.05, 4.69) is 43.1 Å². The van der Waals surface area contributed by atoms with Gasteiger partial charge in [-0.2, -0.15) is 0 Å². The Morgan fingerprint density at radius 3 is 2.43 bits per heavy atom. The molecule has 1 aromatic carbocycles. The second-order valence-electron chi connectivity index (χ2n) is 5.80. The van der Waals surface area contributed by atoms with E-state index in [9.17, 15) is 0 Å². The van der Waals surface area contributed by atoms with Crippen LogP contribution in [0.25, 0.3) is 10.2 Å². The van der Waals surface area contributed by atoms with Crippen molar-refractivity contribution in [3.63, 3.8) is 0 Å². The van der Waals surface area contributed by atoms with Crippen LogP contribution in [0.5, 0.6) is 0 Å². The second kappa shape index (κ2) is 4.53. The molecule has 2 aromatic heterocycles. The number of thiophene rings is 1. The van der Waals surface area contributed by atoms with Crippen molar-refractivity contribution in [3.05, 3.63) is 51.7 Å². The van der Waals surface area contributed by atoms with Crippen molar-refractivity contribution >= 4 is 27.4 Å². The molecule has 1 aliphatic carbocycles. The molecular formula is C17H17N3S. The molecule has 2 N–H and O–H groups in total. The summed E-state index contributed by atoms with van der Waals surface area (Å²) in [5.41, 5.74) is 10.3. The number of fused-ring (bicyclic) bond motifs is 2. The lowest BCUT2D eigenvalue weighted by Gasteiger charge is -2.09. The SMILES string of the molecule is Cc1sc2nc(C3Cc4ccccc4C3)nc(N)c2c1C. The van der Waals surface area contributed by atoms with Gasteiger partial charge in [0, 0.05) is 10.8 Å². The minimum atomic E-state index is 0.358. The van der Waals surface area contributed by atoms with Gasteiger partial charge >= 0.3 is 0 Å². The van der Waals surface area contributed by atoms with Gasteiger partial charge in [0.1, 0.15) is 16.5 Å². The standard InChI is InChI=1S/C17H17N3S/c1-9-10(2)21-17-14(9)15(18)19-16(20-17)13-7-11-5-3-4-6-12(11)8-13/h3-6,13H,7-8H2,1-2H3,(H2,18,19,20). The highest BCUT2D eigenvalue weighted by molar-refractivity contribution is 7.18. The van der Waals surface area contributed by atoms with Crippen LogP contribution in [0.2, 0.25) is 0 Å². The lowest BCUT2D eigenvalue weighted by Crippen LogP contribution is -2.06. The number of hydrogen-bond donors (Lipinski definition) is 1. The summed E-state index contributed by atoms with van der Waals surface area (Å²) in [5, 5.41) is 1.04. The van der Waals surface area contributed by atoms with E-state index in [4.69, 9.17) is 10.7 Å². The second-order valence-corrected chi connectivity index (χ2v) is 7.01. The maximum Gasteiger partial charge on any atom is 0.136 e. The molecule has 0 unspecified atom stereocenters. The average molecular weight is 295 g/mol. The van der Waals surface area contributed by atoms with Crippen LogP contribution >= 0.6 is 11.3 Å². The van der Waals surface area contributed by atoms with Crippen LogP contribution in [0.3, 0.4) is 0 Å². The minimum Gasteiger partial charge on any atom is -0.383 e. The lowest BCUT2D eigenvalue weighted by atomic mass is 10.1. The van der Waals surface area contributed by atoms with Gasteiger partial charge in [0.2, 0.25) is 0 Å². The molecule has 2 heterocycles. The van der Waals surface area contributed by atoms with Crippen molar-refractivity contribution in [3.8, 4) is 0 Å². The highest BCUT2D eigenvalue weighted by atomic mass is 32.1. The van der Waals surface area contributed by atoms with E-state index in [1.54, 1.807) is 11.3 Å². The Labute approximate surface area is 127 Å². The van der Waals surface area contributed by atoms with Gasteiger partial charge in [-0.15, -0.1) is 11.3 Å². The van der Waals surface area contributed by atoms with Crippen molar-refractivity contribution in [1.29, 1.82) is 0 Å². The Bertz CT molecular complexity index is 826. The largest absolute Gasteiger partial charge is 0.383 e. The highest BCUT2D eigenvalue weighted by Crippen LogP contribution is 2.36. The molecule has 0 saturated heterocycles.